The molecule has 0 aliphatic carbocycles. The molecule has 4 rings (SSSR count). The summed E-state index contributed by atoms with van der Waals surface area (Å²) in [6, 6.07) is 12.3. The van der Waals surface area contributed by atoms with E-state index in [1.165, 1.54) is 0 Å². The van der Waals surface area contributed by atoms with E-state index in [1.807, 2.05) is 34.5 Å². The number of amides is 1. The van der Waals surface area contributed by atoms with Gasteiger partial charge < -0.3 is 15.5 Å². The third-order valence-electron chi connectivity index (χ3n) is 5.21. The zero-order valence-electron chi connectivity index (χ0n) is 16.8. The first-order valence-corrected chi connectivity index (χ1v) is 10.8. The summed E-state index contributed by atoms with van der Waals surface area (Å²) >= 11 is 1.64. The first-order chi connectivity index (χ1) is 13.3. The zero-order valence-corrected chi connectivity index (χ0v) is 17.6. The van der Waals surface area contributed by atoms with Crippen molar-refractivity contribution < 1.29 is 4.79 Å². The number of nitrogens with one attached hydrogen (secondary N) is 2. The molecule has 5 nitrogen and oxygen atoms in total. The number of amidine groups is 1. The molecular weight excluding hydrogens is 368 g/mol. The van der Waals surface area contributed by atoms with Crippen molar-refractivity contribution in [2.45, 2.75) is 51.1 Å². The summed E-state index contributed by atoms with van der Waals surface area (Å²) in [6.45, 7) is 7.76. The lowest BCUT2D eigenvalue weighted by Gasteiger charge is -2.48. The van der Waals surface area contributed by atoms with Crippen molar-refractivity contribution in [3.8, 4) is 0 Å². The van der Waals surface area contributed by atoms with Crippen LogP contribution in [0.3, 0.4) is 0 Å². The molecule has 2 aromatic rings. The lowest BCUT2D eigenvalue weighted by Crippen LogP contribution is -2.63. The first kappa shape index (κ1) is 19.0. The van der Waals surface area contributed by atoms with Crippen LogP contribution in [0.25, 0.3) is 0 Å². The molecule has 0 saturated carbocycles. The second-order valence-corrected chi connectivity index (χ2v) is 9.72. The molecule has 6 heteroatoms. The Morgan fingerprint density at radius 1 is 1.21 bits per heavy atom. The van der Waals surface area contributed by atoms with E-state index in [9.17, 15) is 4.79 Å². The summed E-state index contributed by atoms with van der Waals surface area (Å²) in [5.41, 5.74) is 1.54. The molecular formula is C22H28N4OS. The molecule has 2 aliphatic rings. The fraction of sp³-hybridized carbons (Fsp3) is 0.455. The third-order valence-corrected chi connectivity index (χ3v) is 6.08. The molecule has 148 valence electrons. The van der Waals surface area contributed by atoms with Crippen molar-refractivity contribution in [3.63, 3.8) is 0 Å². The van der Waals surface area contributed by atoms with Crippen LogP contribution >= 0.6 is 11.3 Å². The van der Waals surface area contributed by atoms with Crippen molar-refractivity contribution in [2.24, 2.45) is 4.99 Å². The van der Waals surface area contributed by atoms with Gasteiger partial charge in [-0.1, -0.05) is 18.2 Å². The zero-order chi connectivity index (χ0) is 19.8. The largest absolute Gasteiger partial charge is 0.370 e. The first-order valence-electron chi connectivity index (χ1n) is 9.89. The number of carbonyl (C=O) groups excluding carboxylic acids is 1. The Bertz CT molecular complexity index is 884. The molecule has 1 fully saturated rings. The molecule has 1 spiro atoms. The van der Waals surface area contributed by atoms with Gasteiger partial charge in [0, 0.05) is 11.4 Å². The van der Waals surface area contributed by atoms with Crippen LogP contribution in [0.4, 0.5) is 11.4 Å². The van der Waals surface area contributed by atoms with E-state index in [1.54, 1.807) is 11.3 Å². The highest BCUT2D eigenvalue weighted by Crippen LogP contribution is 2.37. The predicted molar refractivity (Wildman–Crippen MR) is 117 cm³/mol. The molecule has 0 radical (unpaired) electrons. The number of aliphatic imine (C=N–C) groups is 1. The quantitative estimate of drug-likeness (QED) is 0.792. The van der Waals surface area contributed by atoms with Gasteiger partial charge in [-0.25, -0.2) is 0 Å². The molecule has 1 saturated heterocycles. The van der Waals surface area contributed by atoms with E-state index in [0.717, 1.165) is 41.5 Å². The number of rotatable bonds is 2. The average Bonchev–Trinajstić information content (AvgIpc) is 3.14. The fourth-order valence-electron chi connectivity index (χ4n) is 3.97. The summed E-state index contributed by atoms with van der Waals surface area (Å²) in [5, 5.41) is 9.34. The number of likely N-dealkylation sites (tertiary alicyclic amines) is 1. The molecule has 3 heterocycles. The van der Waals surface area contributed by atoms with Gasteiger partial charge in [0.05, 0.1) is 29.9 Å². The van der Waals surface area contributed by atoms with Crippen molar-refractivity contribution in [2.75, 3.05) is 23.7 Å². The normalized spacial score (nSPS) is 23.2. The average molecular weight is 397 g/mol. The van der Waals surface area contributed by atoms with Crippen molar-refractivity contribution in [1.82, 2.24) is 4.90 Å². The summed E-state index contributed by atoms with van der Waals surface area (Å²) < 4.78 is 0. The van der Waals surface area contributed by atoms with Crippen LogP contribution in [-0.4, -0.2) is 40.8 Å². The third kappa shape index (κ3) is 3.92. The molecule has 0 bridgehead atoms. The van der Waals surface area contributed by atoms with Crippen LogP contribution in [0.5, 0.6) is 0 Å². The van der Waals surface area contributed by atoms with Crippen LogP contribution in [0.1, 0.15) is 38.5 Å². The monoisotopic (exact) mass is 396 g/mol. The van der Waals surface area contributed by atoms with Gasteiger partial charge in [0.1, 0.15) is 11.4 Å². The molecule has 2 N–H and O–H groups in total. The number of piperidine rings is 1. The minimum absolute atomic E-state index is 0.192. The molecule has 1 aromatic heterocycles. The number of anilines is 2. The summed E-state index contributed by atoms with van der Waals surface area (Å²) in [6.07, 6.45) is 2.38. The van der Waals surface area contributed by atoms with E-state index in [2.05, 4.69) is 43.5 Å². The number of para-hydroxylation sites is 2. The number of thiophene rings is 1. The van der Waals surface area contributed by atoms with Gasteiger partial charge in [0.2, 0.25) is 5.91 Å². The van der Waals surface area contributed by atoms with Gasteiger partial charge in [0.25, 0.3) is 0 Å². The summed E-state index contributed by atoms with van der Waals surface area (Å²) in [7, 11) is 0. The van der Waals surface area contributed by atoms with Gasteiger partial charge in [-0.05, 0) is 57.2 Å². The number of nitrogens with zero attached hydrogens (tertiary/aromatic N) is 2. The highest BCUT2D eigenvalue weighted by Gasteiger charge is 2.45. The SMILES string of the molecule is CC(C)(C)N=C1Nc2ccccc2N[C@@]12CCCN(C(=O)Cc1cccs1)C2. The van der Waals surface area contributed by atoms with E-state index in [4.69, 9.17) is 4.99 Å². The summed E-state index contributed by atoms with van der Waals surface area (Å²) in [5.74, 6) is 1.13. The smallest absolute Gasteiger partial charge is 0.227 e. The van der Waals surface area contributed by atoms with Crippen LogP contribution in [0, 0.1) is 0 Å². The van der Waals surface area contributed by atoms with Gasteiger partial charge in [0.15, 0.2) is 0 Å². The topological polar surface area (TPSA) is 56.7 Å². The predicted octanol–water partition coefficient (Wildman–Crippen LogP) is 4.39. The second kappa shape index (κ2) is 7.24. The molecule has 1 atom stereocenters. The van der Waals surface area contributed by atoms with Crippen LogP contribution in [0.2, 0.25) is 0 Å². The van der Waals surface area contributed by atoms with Gasteiger partial charge in [-0.3, -0.25) is 9.79 Å². The Morgan fingerprint density at radius 2 is 2.00 bits per heavy atom. The van der Waals surface area contributed by atoms with E-state index < -0.39 is 0 Å². The molecule has 28 heavy (non-hydrogen) atoms. The standard InChI is InChI=1S/C22H28N4OS/c1-21(2,3)25-20-22(24-18-10-5-4-9-17(18)23-20)11-7-12-26(15-22)19(27)14-16-8-6-13-28-16/h4-6,8-10,13,24H,7,11-12,14-15H2,1-3H3,(H,23,25)/t22-/m1/s1. The van der Waals surface area contributed by atoms with E-state index in [-0.39, 0.29) is 17.0 Å². The van der Waals surface area contributed by atoms with Crippen molar-refractivity contribution >= 4 is 34.5 Å². The minimum Gasteiger partial charge on any atom is -0.370 e. The van der Waals surface area contributed by atoms with E-state index in [0.29, 0.717) is 13.0 Å². The van der Waals surface area contributed by atoms with Crippen molar-refractivity contribution in [3.05, 3.63) is 46.7 Å². The molecule has 1 aromatic carbocycles. The number of benzene rings is 1. The molecule has 1 amide bonds. The number of hydrogen-bond acceptors (Lipinski definition) is 4. The Morgan fingerprint density at radius 3 is 2.71 bits per heavy atom. The van der Waals surface area contributed by atoms with Crippen LogP contribution in [0.15, 0.2) is 46.8 Å². The Hall–Kier alpha value is -2.34. The lowest BCUT2D eigenvalue weighted by molar-refractivity contribution is -0.131. The maximum atomic E-state index is 13.0. The van der Waals surface area contributed by atoms with Gasteiger partial charge in [-0.2, -0.15) is 0 Å². The van der Waals surface area contributed by atoms with E-state index >= 15 is 0 Å². The Balaban J connectivity index is 1.64. The van der Waals surface area contributed by atoms with Crippen LogP contribution in [-0.2, 0) is 11.2 Å². The van der Waals surface area contributed by atoms with Crippen LogP contribution < -0.4 is 10.6 Å². The Labute approximate surface area is 170 Å². The number of fused-ring (bicyclic) bond motifs is 1. The fourth-order valence-corrected chi connectivity index (χ4v) is 4.67. The maximum Gasteiger partial charge on any atom is 0.227 e. The highest BCUT2D eigenvalue weighted by molar-refractivity contribution is 7.10. The Kier molecular flexibility index (Phi) is 4.91. The van der Waals surface area contributed by atoms with Gasteiger partial charge in [-0.15, -0.1) is 11.3 Å². The molecule has 2 aliphatic heterocycles. The summed E-state index contributed by atoms with van der Waals surface area (Å²) in [4.78, 5) is 21.1. The van der Waals surface area contributed by atoms with Crippen molar-refractivity contribution in [1.29, 1.82) is 0 Å². The number of hydrogen-bond donors (Lipinski definition) is 2. The lowest BCUT2D eigenvalue weighted by atomic mass is 9.84. The maximum absolute atomic E-state index is 13.0. The second-order valence-electron chi connectivity index (χ2n) is 8.68. The number of carbonyl (C=O) groups is 1. The highest BCUT2D eigenvalue weighted by atomic mass is 32.1. The minimum atomic E-state index is -0.370. The van der Waals surface area contributed by atoms with Gasteiger partial charge >= 0.3 is 0 Å². The molecule has 0 unspecified atom stereocenters.